The molecule has 1 aromatic carbocycles. The van der Waals surface area contributed by atoms with Gasteiger partial charge in [0.25, 0.3) is 0 Å². The summed E-state index contributed by atoms with van der Waals surface area (Å²) >= 11 is 4.89. The second-order valence-corrected chi connectivity index (χ2v) is 8.15. The van der Waals surface area contributed by atoms with Crippen LogP contribution >= 0.6 is 27.7 Å². The summed E-state index contributed by atoms with van der Waals surface area (Å²) in [4.78, 5) is 0. The van der Waals surface area contributed by atoms with Gasteiger partial charge in [-0.05, 0) is 45.8 Å². The molecule has 7 nitrogen and oxygen atoms in total. The third kappa shape index (κ3) is 3.99. The number of rotatable bonds is 7. The fourth-order valence-electron chi connectivity index (χ4n) is 2.97. The molecule has 0 aliphatic rings. The number of halogens is 1. The topological polar surface area (TPSA) is 83.0 Å². The molecule has 4 heterocycles. The molecule has 30 heavy (non-hydrogen) atoms. The van der Waals surface area contributed by atoms with Gasteiger partial charge in [-0.25, -0.2) is 0 Å². The maximum absolute atomic E-state index is 5.72. The zero-order valence-electron chi connectivity index (χ0n) is 15.6. The second-order valence-electron chi connectivity index (χ2n) is 6.43. The van der Waals surface area contributed by atoms with Crippen molar-refractivity contribution in [1.82, 2.24) is 19.9 Å². The van der Waals surface area contributed by atoms with Crippen LogP contribution in [0.15, 0.2) is 90.1 Å². The number of aromatic nitrogens is 4. The fourth-order valence-corrected chi connectivity index (χ4v) is 4.10. The highest BCUT2D eigenvalue weighted by Gasteiger charge is 2.18. The quantitative estimate of drug-likeness (QED) is 0.267. The Hall–Kier alpha value is -3.04. The lowest BCUT2D eigenvalue weighted by Gasteiger charge is -2.09. The van der Waals surface area contributed by atoms with Crippen LogP contribution in [-0.4, -0.2) is 19.9 Å². The normalized spacial score (nSPS) is 11.2. The van der Waals surface area contributed by atoms with Crippen molar-refractivity contribution in [1.29, 1.82) is 0 Å². The largest absolute Gasteiger partial charge is 0.461 e. The molecule has 0 saturated carbocycles. The van der Waals surface area contributed by atoms with E-state index in [-0.39, 0.29) is 0 Å². The van der Waals surface area contributed by atoms with E-state index in [9.17, 15) is 0 Å². The van der Waals surface area contributed by atoms with Crippen molar-refractivity contribution in [2.45, 2.75) is 17.5 Å². The van der Waals surface area contributed by atoms with Crippen molar-refractivity contribution in [3.8, 4) is 23.1 Å². The van der Waals surface area contributed by atoms with Crippen molar-refractivity contribution in [3.63, 3.8) is 0 Å². The molecule has 0 radical (unpaired) electrons. The van der Waals surface area contributed by atoms with Crippen LogP contribution in [0.25, 0.3) is 23.1 Å². The van der Waals surface area contributed by atoms with Crippen molar-refractivity contribution < 1.29 is 13.4 Å². The van der Waals surface area contributed by atoms with E-state index in [4.69, 9.17) is 13.4 Å². The molecule has 0 bridgehead atoms. The predicted octanol–water partition coefficient (Wildman–Crippen LogP) is 5.89. The summed E-state index contributed by atoms with van der Waals surface area (Å²) in [5.41, 5.74) is 1.94. The van der Waals surface area contributed by atoms with E-state index >= 15 is 0 Å². The molecule has 0 saturated heterocycles. The molecule has 0 atom stereocenters. The Bertz CT molecular complexity index is 1240. The molecule has 4 aromatic heterocycles. The Labute approximate surface area is 184 Å². The van der Waals surface area contributed by atoms with Crippen LogP contribution in [0.5, 0.6) is 0 Å². The third-order valence-electron chi connectivity index (χ3n) is 4.37. The first-order chi connectivity index (χ1) is 14.8. The molecule has 0 amide bonds. The van der Waals surface area contributed by atoms with Gasteiger partial charge in [-0.2, -0.15) is 0 Å². The zero-order chi connectivity index (χ0) is 20.3. The predicted molar refractivity (Wildman–Crippen MR) is 115 cm³/mol. The average molecular weight is 483 g/mol. The van der Waals surface area contributed by atoms with Crippen LogP contribution < -0.4 is 0 Å². The zero-order valence-corrected chi connectivity index (χ0v) is 18.0. The molecule has 0 unspecified atom stereocenters. The number of hydrogen-bond acceptors (Lipinski definition) is 7. The molecule has 0 fully saturated rings. The van der Waals surface area contributed by atoms with Crippen molar-refractivity contribution >= 4 is 27.7 Å². The van der Waals surface area contributed by atoms with Gasteiger partial charge in [0.2, 0.25) is 11.6 Å². The summed E-state index contributed by atoms with van der Waals surface area (Å²) in [5, 5.41) is 13.7. The summed E-state index contributed by atoms with van der Waals surface area (Å²) in [6, 6.07) is 19.4. The summed E-state index contributed by atoms with van der Waals surface area (Å²) in [5.74, 6) is 3.15. The van der Waals surface area contributed by atoms with Crippen molar-refractivity contribution in [2.75, 3.05) is 0 Å². The Morgan fingerprint density at radius 1 is 0.933 bits per heavy atom. The highest BCUT2D eigenvalue weighted by atomic mass is 79.9. The molecule has 0 aliphatic heterocycles. The molecule has 150 valence electrons. The summed E-state index contributed by atoms with van der Waals surface area (Å²) in [6.45, 7) is 0.625. The van der Waals surface area contributed by atoms with Crippen LogP contribution in [0, 0.1) is 0 Å². The lowest BCUT2D eigenvalue weighted by atomic mass is 10.2. The Kier molecular flexibility index (Phi) is 5.29. The van der Waals surface area contributed by atoms with Gasteiger partial charge in [0.05, 0.1) is 18.5 Å². The number of thioether (sulfide) groups is 1. The molecule has 0 N–H and O–H groups in total. The van der Waals surface area contributed by atoms with Gasteiger partial charge in [-0.15, -0.1) is 10.2 Å². The smallest absolute Gasteiger partial charge is 0.202 e. The molecule has 9 heteroatoms. The van der Waals surface area contributed by atoms with Gasteiger partial charge in [-0.1, -0.05) is 47.3 Å². The number of furan rings is 2. The van der Waals surface area contributed by atoms with E-state index in [2.05, 4.69) is 43.4 Å². The molecular weight excluding hydrogens is 468 g/mol. The average Bonchev–Trinajstić information content (AvgIpc) is 3.55. The Morgan fingerprint density at radius 2 is 1.83 bits per heavy atom. The molecular formula is C21H15BrN4O3S. The minimum Gasteiger partial charge on any atom is -0.461 e. The van der Waals surface area contributed by atoms with E-state index in [1.807, 2.05) is 53.1 Å². The van der Waals surface area contributed by atoms with Crippen LogP contribution in [0.4, 0.5) is 0 Å². The first kappa shape index (κ1) is 19.0. The number of hydrogen-bond donors (Lipinski definition) is 0. The molecule has 0 spiro atoms. The van der Waals surface area contributed by atoms with Gasteiger partial charge in [-0.3, -0.25) is 4.57 Å². The summed E-state index contributed by atoms with van der Waals surface area (Å²) in [6.07, 6.45) is 1.60. The number of benzene rings is 1. The Balaban J connectivity index is 1.41. The SMILES string of the molecule is Brc1ccc(-c2nnc(SCc3cc(-c4ccco4)on3)n2Cc2ccccc2)o1. The highest BCUT2D eigenvalue weighted by molar-refractivity contribution is 9.10. The monoisotopic (exact) mass is 482 g/mol. The molecule has 5 aromatic rings. The van der Waals surface area contributed by atoms with Crippen molar-refractivity contribution in [3.05, 3.63) is 82.9 Å². The fraction of sp³-hybridized carbons (Fsp3) is 0.0952. The van der Waals surface area contributed by atoms with Gasteiger partial charge >= 0.3 is 0 Å². The minimum absolute atomic E-state index is 0.582. The second kappa shape index (κ2) is 8.37. The first-order valence-electron chi connectivity index (χ1n) is 9.11. The highest BCUT2D eigenvalue weighted by Crippen LogP contribution is 2.30. The van der Waals surface area contributed by atoms with E-state index in [1.54, 1.807) is 6.26 Å². The Morgan fingerprint density at radius 3 is 2.60 bits per heavy atom. The van der Waals surface area contributed by atoms with Gasteiger partial charge < -0.3 is 13.4 Å². The maximum Gasteiger partial charge on any atom is 0.202 e. The van der Waals surface area contributed by atoms with Gasteiger partial charge in [0.1, 0.15) is 0 Å². The standard InChI is InChI=1S/C21H15BrN4O3S/c22-19-9-8-17(28-19)20-23-24-21(26(20)12-14-5-2-1-3-6-14)30-13-15-11-18(29-25-15)16-7-4-10-27-16/h1-11H,12-13H2. The summed E-state index contributed by atoms with van der Waals surface area (Å²) < 4.78 is 19.1. The van der Waals surface area contributed by atoms with E-state index in [0.717, 1.165) is 16.4 Å². The van der Waals surface area contributed by atoms with Crippen LogP contribution in [0.2, 0.25) is 0 Å². The minimum atomic E-state index is 0.582. The maximum atomic E-state index is 5.72. The number of nitrogens with zero attached hydrogens (tertiary/aromatic N) is 4. The lowest BCUT2D eigenvalue weighted by Crippen LogP contribution is -2.04. The molecule has 0 aliphatic carbocycles. The van der Waals surface area contributed by atoms with E-state index in [0.29, 0.717) is 40.1 Å². The summed E-state index contributed by atoms with van der Waals surface area (Å²) in [7, 11) is 0. The van der Waals surface area contributed by atoms with Gasteiger partial charge in [0, 0.05) is 11.8 Å². The van der Waals surface area contributed by atoms with E-state index in [1.165, 1.54) is 11.8 Å². The lowest BCUT2D eigenvalue weighted by molar-refractivity contribution is 0.413. The molecule has 5 rings (SSSR count). The van der Waals surface area contributed by atoms with Crippen LogP contribution in [0.3, 0.4) is 0 Å². The van der Waals surface area contributed by atoms with Gasteiger partial charge in [0.15, 0.2) is 21.3 Å². The van der Waals surface area contributed by atoms with E-state index < -0.39 is 0 Å². The van der Waals surface area contributed by atoms with Crippen molar-refractivity contribution in [2.24, 2.45) is 0 Å². The third-order valence-corrected chi connectivity index (χ3v) is 5.79. The van der Waals surface area contributed by atoms with Crippen LogP contribution in [-0.2, 0) is 12.3 Å². The first-order valence-corrected chi connectivity index (χ1v) is 10.9. The van der Waals surface area contributed by atoms with Crippen LogP contribution in [0.1, 0.15) is 11.3 Å².